The van der Waals surface area contributed by atoms with Crippen LogP contribution in [-0.2, 0) is 11.3 Å². The largest absolute Gasteiger partial charge is 0.361 e. The molecule has 1 saturated carbocycles. The van der Waals surface area contributed by atoms with Crippen molar-refractivity contribution < 1.29 is 4.79 Å². The predicted molar refractivity (Wildman–Crippen MR) is 81.2 cm³/mol. The van der Waals surface area contributed by atoms with Crippen LogP contribution in [0, 0.1) is 0 Å². The van der Waals surface area contributed by atoms with E-state index in [1.54, 1.807) is 0 Å². The number of carbonyl (C=O) groups is 1. The summed E-state index contributed by atoms with van der Waals surface area (Å²) < 4.78 is 0. The van der Waals surface area contributed by atoms with Gasteiger partial charge in [-0.3, -0.25) is 4.79 Å². The molecular formula is C15H20ClN3O. The van der Waals surface area contributed by atoms with Gasteiger partial charge in [-0.25, -0.2) is 0 Å². The lowest BCUT2D eigenvalue weighted by atomic mass is 10.2. The summed E-state index contributed by atoms with van der Waals surface area (Å²) in [4.78, 5) is 13.7. The molecule has 1 aliphatic carbocycles. The molecule has 3 rings (SSSR count). The maximum Gasteiger partial charge on any atom is 0.239 e. The van der Waals surface area contributed by atoms with Gasteiger partial charge in [0.2, 0.25) is 5.91 Å². The van der Waals surface area contributed by atoms with E-state index in [-0.39, 0.29) is 5.91 Å². The van der Waals surface area contributed by atoms with E-state index in [2.05, 4.69) is 21.6 Å². The average Bonchev–Trinajstić information content (AvgIpc) is 3.24. The second-order valence-corrected chi connectivity index (χ2v) is 5.97. The van der Waals surface area contributed by atoms with Gasteiger partial charge >= 0.3 is 0 Å². The number of nitrogens with zero attached hydrogens (tertiary/aromatic N) is 1. The van der Waals surface area contributed by atoms with E-state index in [0.29, 0.717) is 12.6 Å². The highest BCUT2D eigenvalue weighted by Crippen LogP contribution is 2.28. The molecule has 2 aliphatic rings. The molecular weight excluding hydrogens is 274 g/mol. The van der Waals surface area contributed by atoms with Crippen LogP contribution in [0.4, 0.5) is 5.69 Å². The number of anilines is 1. The summed E-state index contributed by atoms with van der Waals surface area (Å²) in [5.74, 6) is 0.0676. The van der Waals surface area contributed by atoms with Gasteiger partial charge in [-0.1, -0.05) is 17.7 Å². The van der Waals surface area contributed by atoms with E-state index < -0.39 is 0 Å². The summed E-state index contributed by atoms with van der Waals surface area (Å²) in [5, 5.41) is 7.09. The first-order valence-corrected chi connectivity index (χ1v) is 7.63. The molecule has 1 heterocycles. The maximum absolute atomic E-state index is 11.6. The van der Waals surface area contributed by atoms with Crippen LogP contribution in [0.15, 0.2) is 18.2 Å². The first-order valence-electron chi connectivity index (χ1n) is 7.26. The Bertz CT molecular complexity index is 502. The number of carbonyl (C=O) groups excluding carboxylic acids is 1. The minimum Gasteiger partial charge on any atom is -0.361 e. The Kier molecular flexibility index (Phi) is 4.13. The summed E-state index contributed by atoms with van der Waals surface area (Å²) in [6.45, 7) is 2.86. The summed E-state index contributed by atoms with van der Waals surface area (Å²) in [7, 11) is 0. The van der Waals surface area contributed by atoms with Gasteiger partial charge < -0.3 is 15.5 Å². The van der Waals surface area contributed by atoms with Gasteiger partial charge in [0, 0.05) is 25.7 Å². The third kappa shape index (κ3) is 3.44. The highest BCUT2D eigenvalue weighted by Gasteiger charge is 2.20. The molecule has 1 aromatic rings. The molecule has 1 saturated heterocycles. The second-order valence-electron chi connectivity index (χ2n) is 5.57. The Morgan fingerprint density at radius 2 is 2.25 bits per heavy atom. The third-order valence-electron chi connectivity index (χ3n) is 3.79. The summed E-state index contributed by atoms with van der Waals surface area (Å²) >= 11 is 6.39. The molecule has 20 heavy (non-hydrogen) atoms. The molecule has 1 aliphatic heterocycles. The van der Waals surface area contributed by atoms with Crippen molar-refractivity contribution in [2.45, 2.75) is 31.8 Å². The topological polar surface area (TPSA) is 44.4 Å². The van der Waals surface area contributed by atoms with Crippen molar-refractivity contribution >= 4 is 23.2 Å². The second kappa shape index (κ2) is 6.02. The van der Waals surface area contributed by atoms with Crippen molar-refractivity contribution in [1.29, 1.82) is 0 Å². The molecule has 0 radical (unpaired) electrons. The van der Waals surface area contributed by atoms with Crippen LogP contribution in [0.5, 0.6) is 0 Å². The van der Waals surface area contributed by atoms with Crippen molar-refractivity contribution in [3.8, 4) is 0 Å². The van der Waals surface area contributed by atoms with Crippen LogP contribution in [0.25, 0.3) is 0 Å². The van der Waals surface area contributed by atoms with E-state index in [0.717, 1.165) is 36.8 Å². The SMILES string of the molecule is O=C1CN(c2ccc(CNC3CC3)cc2Cl)CCCN1. The van der Waals surface area contributed by atoms with Gasteiger partial charge in [0.1, 0.15) is 0 Å². The molecule has 0 spiro atoms. The van der Waals surface area contributed by atoms with Crippen LogP contribution < -0.4 is 15.5 Å². The molecule has 0 aromatic heterocycles. The first kappa shape index (κ1) is 13.7. The maximum atomic E-state index is 11.6. The van der Waals surface area contributed by atoms with Gasteiger partial charge in [0.05, 0.1) is 17.3 Å². The Labute approximate surface area is 124 Å². The van der Waals surface area contributed by atoms with E-state index in [4.69, 9.17) is 11.6 Å². The minimum atomic E-state index is 0.0676. The molecule has 2 N–H and O–H groups in total. The molecule has 1 aromatic carbocycles. The van der Waals surface area contributed by atoms with Crippen LogP contribution in [0.3, 0.4) is 0 Å². The van der Waals surface area contributed by atoms with Crippen LogP contribution in [-0.4, -0.2) is 31.6 Å². The van der Waals surface area contributed by atoms with Crippen molar-refractivity contribution in [2.75, 3.05) is 24.5 Å². The van der Waals surface area contributed by atoms with Gasteiger partial charge in [-0.15, -0.1) is 0 Å². The molecule has 4 nitrogen and oxygen atoms in total. The zero-order chi connectivity index (χ0) is 13.9. The van der Waals surface area contributed by atoms with Gasteiger partial charge in [0.15, 0.2) is 0 Å². The molecule has 0 atom stereocenters. The van der Waals surface area contributed by atoms with E-state index in [1.165, 1.54) is 18.4 Å². The number of benzene rings is 1. The Hall–Kier alpha value is -1.26. The lowest BCUT2D eigenvalue weighted by molar-refractivity contribution is -0.119. The summed E-state index contributed by atoms with van der Waals surface area (Å²) in [6, 6.07) is 6.84. The van der Waals surface area contributed by atoms with Crippen molar-refractivity contribution in [2.24, 2.45) is 0 Å². The Morgan fingerprint density at radius 3 is 3.00 bits per heavy atom. The molecule has 108 valence electrons. The average molecular weight is 294 g/mol. The van der Waals surface area contributed by atoms with E-state index >= 15 is 0 Å². The van der Waals surface area contributed by atoms with E-state index in [1.807, 2.05) is 12.1 Å². The molecule has 0 unspecified atom stereocenters. The van der Waals surface area contributed by atoms with Crippen LogP contribution >= 0.6 is 11.6 Å². The number of amides is 1. The third-order valence-corrected chi connectivity index (χ3v) is 4.09. The Morgan fingerprint density at radius 1 is 1.40 bits per heavy atom. The standard InChI is InChI=1S/C15H20ClN3O/c16-13-8-11(9-18-12-3-4-12)2-5-14(13)19-7-1-6-17-15(20)10-19/h2,5,8,12,18H,1,3-4,6-7,9-10H2,(H,17,20). The van der Waals surface area contributed by atoms with Gasteiger partial charge in [-0.05, 0) is 37.0 Å². The summed E-state index contributed by atoms with van der Waals surface area (Å²) in [6.07, 6.45) is 3.52. The van der Waals surface area contributed by atoms with Gasteiger partial charge in [0.25, 0.3) is 0 Å². The molecule has 0 bridgehead atoms. The number of hydrogen-bond acceptors (Lipinski definition) is 3. The minimum absolute atomic E-state index is 0.0676. The van der Waals surface area contributed by atoms with Crippen molar-refractivity contribution in [3.63, 3.8) is 0 Å². The lowest BCUT2D eigenvalue weighted by Gasteiger charge is -2.23. The smallest absolute Gasteiger partial charge is 0.239 e. The number of nitrogens with one attached hydrogen (secondary N) is 2. The van der Waals surface area contributed by atoms with E-state index in [9.17, 15) is 4.79 Å². The van der Waals surface area contributed by atoms with Crippen molar-refractivity contribution in [1.82, 2.24) is 10.6 Å². The molecule has 5 heteroatoms. The van der Waals surface area contributed by atoms with Crippen LogP contribution in [0.2, 0.25) is 5.02 Å². The highest BCUT2D eigenvalue weighted by molar-refractivity contribution is 6.33. The fraction of sp³-hybridized carbons (Fsp3) is 0.533. The first-order chi connectivity index (χ1) is 9.72. The fourth-order valence-corrected chi connectivity index (χ4v) is 2.80. The molecule has 1 amide bonds. The fourth-order valence-electron chi connectivity index (χ4n) is 2.48. The zero-order valence-electron chi connectivity index (χ0n) is 11.5. The number of hydrogen-bond donors (Lipinski definition) is 2. The van der Waals surface area contributed by atoms with Crippen LogP contribution in [0.1, 0.15) is 24.8 Å². The number of rotatable bonds is 4. The lowest BCUT2D eigenvalue weighted by Crippen LogP contribution is -2.33. The highest BCUT2D eigenvalue weighted by atomic mass is 35.5. The molecule has 2 fully saturated rings. The number of halogens is 1. The predicted octanol–water partition coefficient (Wildman–Crippen LogP) is 1.92. The normalized spacial score (nSPS) is 19.6. The van der Waals surface area contributed by atoms with Crippen molar-refractivity contribution in [3.05, 3.63) is 28.8 Å². The summed E-state index contributed by atoms with van der Waals surface area (Å²) in [5.41, 5.74) is 2.16. The zero-order valence-corrected chi connectivity index (χ0v) is 12.2. The van der Waals surface area contributed by atoms with Gasteiger partial charge in [-0.2, -0.15) is 0 Å². The Balaban J connectivity index is 1.70. The quantitative estimate of drug-likeness (QED) is 0.891. The monoisotopic (exact) mass is 293 g/mol.